The maximum absolute atomic E-state index is 11.4. The molecule has 0 spiro atoms. The molecule has 2 rings (SSSR count). The quantitative estimate of drug-likeness (QED) is 0.899. The molecule has 0 amide bonds. The normalized spacial score (nSPS) is 11.3. The van der Waals surface area contributed by atoms with Gasteiger partial charge in [0.25, 0.3) is 10.0 Å². The van der Waals surface area contributed by atoms with Crippen LogP contribution in [0.2, 0.25) is 0 Å². The number of benzene rings is 1. The highest BCUT2D eigenvalue weighted by Crippen LogP contribution is 2.25. The third kappa shape index (κ3) is 2.91. The van der Waals surface area contributed by atoms with Gasteiger partial charge in [0.05, 0.1) is 0 Å². The molecule has 6 heteroatoms. The van der Waals surface area contributed by atoms with E-state index in [4.69, 9.17) is 5.14 Å². The Morgan fingerprint density at radius 1 is 1.11 bits per heavy atom. The molecule has 0 radical (unpaired) electrons. The molecule has 2 aromatic rings. The van der Waals surface area contributed by atoms with E-state index in [9.17, 15) is 8.42 Å². The fourth-order valence-corrected chi connectivity index (χ4v) is 2.54. The Morgan fingerprint density at radius 2 is 1.79 bits per heavy atom. The first-order valence-corrected chi connectivity index (χ1v) is 7.25. The van der Waals surface area contributed by atoms with Crippen molar-refractivity contribution in [3.63, 3.8) is 0 Å². The van der Waals surface area contributed by atoms with Gasteiger partial charge in [-0.25, -0.2) is 18.5 Å². The summed E-state index contributed by atoms with van der Waals surface area (Å²) in [4.78, 5) is 3.82. The summed E-state index contributed by atoms with van der Waals surface area (Å²) in [6.07, 6.45) is 1.42. The summed E-state index contributed by atoms with van der Waals surface area (Å²) in [5, 5.41) is 8.22. The smallest absolute Gasteiger partial charge is 0.255 e. The zero-order valence-electron chi connectivity index (χ0n) is 10.7. The number of aryl methyl sites for hydroxylation is 1. The van der Waals surface area contributed by atoms with Gasteiger partial charge in [0, 0.05) is 23.1 Å². The second kappa shape index (κ2) is 4.99. The van der Waals surface area contributed by atoms with Crippen molar-refractivity contribution >= 4 is 21.4 Å². The Morgan fingerprint density at radius 3 is 2.42 bits per heavy atom. The van der Waals surface area contributed by atoms with E-state index in [1.165, 1.54) is 6.20 Å². The number of anilines is 2. The minimum absolute atomic E-state index is 0.105. The lowest BCUT2D eigenvalue weighted by atomic mass is 10.2. The SMILES string of the molecule is Cc1ccccc1Nc1ccnc(S(N)(=O)=O)c1C. The van der Waals surface area contributed by atoms with Gasteiger partial charge in [-0.2, -0.15) is 0 Å². The predicted molar refractivity (Wildman–Crippen MR) is 74.8 cm³/mol. The molecule has 0 aliphatic carbocycles. The molecule has 0 aliphatic heterocycles. The monoisotopic (exact) mass is 277 g/mol. The molecular weight excluding hydrogens is 262 g/mol. The van der Waals surface area contributed by atoms with Crippen LogP contribution in [0.3, 0.4) is 0 Å². The van der Waals surface area contributed by atoms with Crippen molar-refractivity contribution in [2.45, 2.75) is 18.9 Å². The standard InChI is InChI=1S/C13H15N3O2S/c1-9-5-3-4-6-11(9)16-12-7-8-15-13(10(12)2)19(14,17)18/h3-8H,1-2H3,(H,15,16)(H2,14,17,18). The van der Waals surface area contributed by atoms with Gasteiger partial charge < -0.3 is 5.32 Å². The summed E-state index contributed by atoms with van der Waals surface area (Å²) in [5.41, 5.74) is 3.16. The van der Waals surface area contributed by atoms with Crippen molar-refractivity contribution in [2.75, 3.05) is 5.32 Å². The van der Waals surface area contributed by atoms with Crippen LogP contribution in [-0.4, -0.2) is 13.4 Å². The topological polar surface area (TPSA) is 85.1 Å². The molecule has 1 aromatic heterocycles. The zero-order valence-corrected chi connectivity index (χ0v) is 11.5. The van der Waals surface area contributed by atoms with Crippen LogP contribution in [0.5, 0.6) is 0 Å². The number of rotatable bonds is 3. The first-order chi connectivity index (χ1) is 8.89. The number of nitrogens with one attached hydrogen (secondary N) is 1. The van der Waals surface area contributed by atoms with Crippen molar-refractivity contribution in [1.29, 1.82) is 0 Å². The highest BCUT2D eigenvalue weighted by Gasteiger charge is 2.15. The van der Waals surface area contributed by atoms with E-state index in [1.807, 2.05) is 31.2 Å². The van der Waals surface area contributed by atoms with Gasteiger partial charge in [-0.15, -0.1) is 0 Å². The van der Waals surface area contributed by atoms with Crippen LogP contribution >= 0.6 is 0 Å². The molecular formula is C13H15N3O2S. The minimum atomic E-state index is -3.81. The third-order valence-electron chi connectivity index (χ3n) is 2.84. The van der Waals surface area contributed by atoms with Gasteiger partial charge in [-0.05, 0) is 31.5 Å². The minimum Gasteiger partial charge on any atom is -0.355 e. The maximum Gasteiger partial charge on any atom is 0.255 e. The first kappa shape index (κ1) is 13.5. The number of nitrogens with zero attached hydrogens (tertiary/aromatic N) is 1. The number of primary sulfonamides is 1. The average molecular weight is 277 g/mol. The van der Waals surface area contributed by atoms with Gasteiger partial charge >= 0.3 is 0 Å². The molecule has 0 fully saturated rings. The van der Waals surface area contributed by atoms with Crippen LogP contribution in [0.1, 0.15) is 11.1 Å². The van der Waals surface area contributed by atoms with Crippen LogP contribution in [0.4, 0.5) is 11.4 Å². The molecule has 0 atom stereocenters. The van der Waals surface area contributed by atoms with Crippen LogP contribution in [0.25, 0.3) is 0 Å². The molecule has 0 saturated carbocycles. The van der Waals surface area contributed by atoms with Crippen LogP contribution in [0, 0.1) is 13.8 Å². The van der Waals surface area contributed by atoms with Crippen LogP contribution in [-0.2, 0) is 10.0 Å². The van der Waals surface area contributed by atoms with Crippen molar-refractivity contribution < 1.29 is 8.42 Å². The maximum atomic E-state index is 11.4. The number of hydrogen-bond acceptors (Lipinski definition) is 4. The van der Waals surface area contributed by atoms with E-state index in [0.29, 0.717) is 11.3 Å². The van der Waals surface area contributed by atoms with Gasteiger partial charge in [0.1, 0.15) is 0 Å². The number of sulfonamides is 1. The number of para-hydroxylation sites is 1. The van der Waals surface area contributed by atoms with E-state index in [0.717, 1.165) is 11.3 Å². The molecule has 5 nitrogen and oxygen atoms in total. The van der Waals surface area contributed by atoms with Crippen molar-refractivity contribution in [2.24, 2.45) is 5.14 Å². The number of nitrogens with two attached hydrogens (primary N) is 1. The summed E-state index contributed by atoms with van der Waals surface area (Å²) in [7, 11) is -3.81. The molecule has 1 heterocycles. The Balaban J connectivity index is 2.46. The Bertz CT molecular complexity index is 712. The van der Waals surface area contributed by atoms with Gasteiger partial charge in [0.2, 0.25) is 0 Å². The second-order valence-corrected chi connectivity index (χ2v) is 5.75. The van der Waals surface area contributed by atoms with Gasteiger partial charge in [0.15, 0.2) is 5.03 Å². The van der Waals surface area contributed by atoms with Crippen LogP contribution in [0.15, 0.2) is 41.6 Å². The molecule has 1 aromatic carbocycles. The number of pyridine rings is 1. The van der Waals surface area contributed by atoms with E-state index >= 15 is 0 Å². The lowest BCUT2D eigenvalue weighted by Crippen LogP contribution is -2.16. The molecule has 0 saturated heterocycles. The predicted octanol–water partition coefficient (Wildman–Crippen LogP) is 2.09. The average Bonchev–Trinajstić information content (AvgIpc) is 2.33. The first-order valence-electron chi connectivity index (χ1n) is 5.70. The lowest BCUT2D eigenvalue weighted by Gasteiger charge is -2.13. The van der Waals surface area contributed by atoms with Crippen LogP contribution < -0.4 is 10.5 Å². The summed E-state index contributed by atoms with van der Waals surface area (Å²) >= 11 is 0. The molecule has 100 valence electrons. The Hall–Kier alpha value is -1.92. The summed E-state index contributed by atoms with van der Waals surface area (Å²) in [6, 6.07) is 9.46. The van der Waals surface area contributed by atoms with E-state index in [2.05, 4.69) is 10.3 Å². The summed E-state index contributed by atoms with van der Waals surface area (Å²) in [5.74, 6) is 0. The molecule has 0 aliphatic rings. The molecule has 3 N–H and O–H groups in total. The summed E-state index contributed by atoms with van der Waals surface area (Å²) < 4.78 is 22.8. The largest absolute Gasteiger partial charge is 0.355 e. The van der Waals surface area contributed by atoms with Gasteiger partial charge in [-0.3, -0.25) is 0 Å². The fourth-order valence-electron chi connectivity index (χ4n) is 1.80. The Labute approximate surface area is 112 Å². The highest BCUT2D eigenvalue weighted by atomic mass is 32.2. The summed E-state index contributed by atoms with van der Waals surface area (Å²) in [6.45, 7) is 3.65. The molecule has 19 heavy (non-hydrogen) atoms. The van der Waals surface area contributed by atoms with Crippen molar-refractivity contribution in [3.05, 3.63) is 47.7 Å². The number of hydrogen-bond donors (Lipinski definition) is 2. The third-order valence-corrected chi connectivity index (χ3v) is 3.79. The van der Waals surface area contributed by atoms with E-state index in [-0.39, 0.29) is 5.03 Å². The molecule has 0 unspecified atom stereocenters. The zero-order chi connectivity index (χ0) is 14.0. The van der Waals surface area contributed by atoms with Gasteiger partial charge in [-0.1, -0.05) is 18.2 Å². The van der Waals surface area contributed by atoms with E-state index in [1.54, 1.807) is 13.0 Å². The second-order valence-electron chi connectivity index (χ2n) is 4.27. The Kier molecular flexibility index (Phi) is 3.55. The van der Waals surface area contributed by atoms with E-state index < -0.39 is 10.0 Å². The number of aromatic nitrogens is 1. The van der Waals surface area contributed by atoms with Crippen molar-refractivity contribution in [1.82, 2.24) is 4.98 Å². The molecule has 0 bridgehead atoms. The van der Waals surface area contributed by atoms with Crippen molar-refractivity contribution in [3.8, 4) is 0 Å². The lowest BCUT2D eigenvalue weighted by molar-refractivity contribution is 0.593. The fraction of sp³-hybridized carbons (Fsp3) is 0.154. The highest BCUT2D eigenvalue weighted by molar-refractivity contribution is 7.89.